The number of hydrogen-bond acceptors (Lipinski definition) is 5. The van der Waals surface area contributed by atoms with E-state index in [2.05, 4.69) is 36.0 Å². The zero-order valence-electron chi connectivity index (χ0n) is 15.9. The molecule has 2 atom stereocenters. The van der Waals surface area contributed by atoms with E-state index in [1.807, 2.05) is 12.1 Å². The third-order valence-corrected chi connectivity index (χ3v) is 5.27. The number of rotatable bonds is 6. The van der Waals surface area contributed by atoms with Crippen LogP contribution in [0.3, 0.4) is 0 Å². The van der Waals surface area contributed by atoms with Crippen LogP contribution < -0.4 is 10.6 Å². The summed E-state index contributed by atoms with van der Waals surface area (Å²) in [5, 5.41) is 19.2. The second kappa shape index (κ2) is 8.68. The summed E-state index contributed by atoms with van der Waals surface area (Å²) in [4.78, 5) is 28.8. The molecular weight excluding hydrogens is 370 g/mol. The molecule has 150 valence electrons. The van der Waals surface area contributed by atoms with Gasteiger partial charge in [0.05, 0.1) is 11.8 Å². The second-order valence-corrected chi connectivity index (χ2v) is 7.31. The molecule has 0 radical (unpaired) electrons. The molecule has 1 saturated carbocycles. The summed E-state index contributed by atoms with van der Waals surface area (Å²) in [7, 11) is 0. The van der Waals surface area contributed by atoms with Crippen LogP contribution in [-0.2, 0) is 0 Å². The number of nitrogens with one attached hydrogen (secondary N) is 4. The molecule has 29 heavy (non-hydrogen) atoms. The first-order chi connectivity index (χ1) is 14.2. The van der Waals surface area contributed by atoms with E-state index >= 15 is 0 Å². The molecule has 2 aromatic heterocycles. The smallest absolute Gasteiger partial charge is 0.254 e. The molecule has 9 heteroatoms. The van der Waals surface area contributed by atoms with Crippen molar-refractivity contribution in [3.05, 3.63) is 54.1 Å². The summed E-state index contributed by atoms with van der Waals surface area (Å²) in [5.74, 6) is 0.808. The van der Waals surface area contributed by atoms with Crippen molar-refractivity contribution < 1.29 is 9.59 Å². The third kappa shape index (κ3) is 4.68. The van der Waals surface area contributed by atoms with Gasteiger partial charge in [-0.3, -0.25) is 19.8 Å². The van der Waals surface area contributed by atoms with Gasteiger partial charge in [0.15, 0.2) is 5.82 Å². The van der Waals surface area contributed by atoms with Gasteiger partial charge in [0.2, 0.25) is 0 Å². The Morgan fingerprint density at radius 3 is 2.66 bits per heavy atom. The average Bonchev–Trinajstić information content (AvgIpc) is 3.47. The number of nitrogens with zero attached hydrogens (tertiary/aromatic N) is 3. The molecule has 0 aliphatic heterocycles. The fraction of sp³-hybridized carbons (Fsp3) is 0.350. The summed E-state index contributed by atoms with van der Waals surface area (Å²) in [6, 6.07) is 7.40. The molecule has 1 aromatic carbocycles. The van der Waals surface area contributed by atoms with E-state index in [1.165, 1.54) is 12.5 Å². The molecule has 0 bridgehead atoms. The number of carbonyl (C=O) groups excluding carboxylic acids is 2. The topological polar surface area (TPSA) is 128 Å². The van der Waals surface area contributed by atoms with Crippen molar-refractivity contribution >= 4 is 11.8 Å². The number of carbonyl (C=O) groups is 2. The molecule has 9 nitrogen and oxygen atoms in total. The molecule has 1 aliphatic rings. The molecule has 1 aliphatic carbocycles. The van der Waals surface area contributed by atoms with Crippen LogP contribution in [0, 0.1) is 5.92 Å². The SMILES string of the molecule is O=C(NC[C@@H]1CCC[C@H](NC(=O)c2ccc(-c3ncn[nH]3)cc2)C1)c1cn[nH]c1. The van der Waals surface area contributed by atoms with Crippen molar-refractivity contribution in [1.82, 2.24) is 36.0 Å². The molecule has 2 heterocycles. The summed E-state index contributed by atoms with van der Waals surface area (Å²) < 4.78 is 0. The monoisotopic (exact) mass is 393 g/mol. The maximum atomic E-state index is 12.6. The van der Waals surface area contributed by atoms with Crippen LogP contribution in [0.1, 0.15) is 46.4 Å². The fourth-order valence-electron chi connectivity index (χ4n) is 3.71. The van der Waals surface area contributed by atoms with Gasteiger partial charge in [-0.25, -0.2) is 4.98 Å². The van der Waals surface area contributed by atoms with Gasteiger partial charge in [0, 0.05) is 29.9 Å². The highest BCUT2D eigenvalue weighted by Gasteiger charge is 2.24. The van der Waals surface area contributed by atoms with Crippen molar-refractivity contribution in [2.75, 3.05) is 6.54 Å². The van der Waals surface area contributed by atoms with Gasteiger partial charge in [-0.15, -0.1) is 0 Å². The van der Waals surface area contributed by atoms with E-state index in [1.54, 1.807) is 18.3 Å². The highest BCUT2D eigenvalue weighted by molar-refractivity contribution is 5.95. The third-order valence-electron chi connectivity index (χ3n) is 5.27. The Morgan fingerprint density at radius 2 is 1.93 bits per heavy atom. The van der Waals surface area contributed by atoms with E-state index in [9.17, 15) is 9.59 Å². The molecular formula is C20H23N7O2. The van der Waals surface area contributed by atoms with Gasteiger partial charge in [0.25, 0.3) is 11.8 Å². The maximum absolute atomic E-state index is 12.6. The highest BCUT2D eigenvalue weighted by Crippen LogP contribution is 2.24. The number of aromatic nitrogens is 5. The zero-order valence-corrected chi connectivity index (χ0v) is 15.9. The van der Waals surface area contributed by atoms with Crippen molar-refractivity contribution in [1.29, 1.82) is 0 Å². The quantitative estimate of drug-likeness (QED) is 0.508. The highest BCUT2D eigenvalue weighted by atomic mass is 16.2. The lowest BCUT2D eigenvalue weighted by Crippen LogP contribution is -2.41. The molecule has 1 fully saturated rings. The number of benzene rings is 1. The van der Waals surface area contributed by atoms with Gasteiger partial charge in [-0.2, -0.15) is 10.2 Å². The average molecular weight is 393 g/mol. The van der Waals surface area contributed by atoms with Crippen LogP contribution in [0.4, 0.5) is 0 Å². The summed E-state index contributed by atoms with van der Waals surface area (Å²) in [6.07, 6.45) is 8.42. The Morgan fingerprint density at radius 1 is 1.07 bits per heavy atom. The Bertz CT molecular complexity index is 936. The van der Waals surface area contributed by atoms with Gasteiger partial charge in [-0.1, -0.05) is 18.6 Å². The van der Waals surface area contributed by atoms with Crippen molar-refractivity contribution in [2.45, 2.75) is 31.7 Å². The van der Waals surface area contributed by atoms with Crippen LogP contribution in [0.2, 0.25) is 0 Å². The largest absolute Gasteiger partial charge is 0.352 e. The molecule has 0 saturated heterocycles. The van der Waals surface area contributed by atoms with Crippen molar-refractivity contribution in [3.63, 3.8) is 0 Å². The van der Waals surface area contributed by atoms with Crippen LogP contribution in [0.25, 0.3) is 11.4 Å². The Labute approximate surface area is 167 Å². The molecule has 4 N–H and O–H groups in total. The summed E-state index contributed by atoms with van der Waals surface area (Å²) in [5.41, 5.74) is 2.02. The first-order valence-corrected chi connectivity index (χ1v) is 9.72. The Kier molecular flexibility index (Phi) is 5.64. The Hall–Kier alpha value is -3.49. The fourth-order valence-corrected chi connectivity index (χ4v) is 3.71. The van der Waals surface area contributed by atoms with Crippen molar-refractivity contribution in [3.8, 4) is 11.4 Å². The molecule has 2 amide bonds. The van der Waals surface area contributed by atoms with Gasteiger partial charge >= 0.3 is 0 Å². The van der Waals surface area contributed by atoms with E-state index in [0.717, 1.165) is 31.2 Å². The molecule has 3 aromatic rings. The van der Waals surface area contributed by atoms with E-state index in [0.29, 0.717) is 29.4 Å². The van der Waals surface area contributed by atoms with E-state index in [-0.39, 0.29) is 17.9 Å². The Balaban J connectivity index is 1.28. The molecule has 0 spiro atoms. The molecule has 4 rings (SSSR count). The number of aromatic amines is 2. The summed E-state index contributed by atoms with van der Waals surface area (Å²) in [6.45, 7) is 0.599. The minimum Gasteiger partial charge on any atom is -0.352 e. The predicted molar refractivity (Wildman–Crippen MR) is 106 cm³/mol. The first-order valence-electron chi connectivity index (χ1n) is 9.72. The van der Waals surface area contributed by atoms with Gasteiger partial charge in [0.1, 0.15) is 6.33 Å². The lowest BCUT2D eigenvalue weighted by atomic mass is 9.85. The number of hydrogen-bond donors (Lipinski definition) is 4. The number of H-pyrrole nitrogens is 2. The summed E-state index contributed by atoms with van der Waals surface area (Å²) >= 11 is 0. The van der Waals surface area contributed by atoms with Crippen LogP contribution in [0.15, 0.2) is 43.0 Å². The minimum atomic E-state index is -0.128. The van der Waals surface area contributed by atoms with E-state index < -0.39 is 0 Å². The van der Waals surface area contributed by atoms with Gasteiger partial charge < -0.3 is 10.6 Å². The minimum absolute atomic E-state index is 0.0813. The normalized spacial score (nSPS) is 18.9. The molecule has 0 unspecified atom stereocenters. The van der Waals surface area contributed by atoms with Crippen LogP contribution in [-0.4, -0.2) is 49.8 Å². The van der Waals surface area contributed by atoms with Gasteiger partial charge in [-0.05, 0) is 37.3 Å². The van der Waals surface area contributed by atoms with Crippen molar-refractivity contribution in [2.24, 2.45) is 5.92 Å². The zero-order chi connectivity index (χ0) is 20.1. The van der Waals surface area contributed by atoms with Crippen LogP contribution in [0.5, 0.6) is 0 Å². The maximum Gasteiger partial charge on any atom is 0.254 e. The van der Waals surface area contributed by atoms with E-state index in [4.69, 9.17) is 0 Å². The number of amides is 2. The lowest BCUT2D eigenvalue weighted by Gasteiger charge is -2.30. The first kappa shape index (κ1) is 18.9. The predicted octanol–water partition coefficient (Wildman–Crippen LogP) is 1.91. The second-order valence-electron chi connectivity index (χ2n) is 7.31. The standard InChI is InChI=1S/C20H23N7O2/c28-19(16-10-23-24-11-16)21-9-13-2-1-3-17(8-13)26-20(29)15-6-4-14(5-7-15)18-22-12-25-27-18/h4-7,10-13,17H,1-3,8-9H2,(H,21,28)(H,23,24)(H,26,29)(H,22,25,27)/t13-,17+/m1/s1. The van der Waals surface area contributed by atoms with Crippen LogP contribution >= 0.6 is 0 Å². The lowest BCUT2D eigenvalue weighted by molar-refractivity contribution is 0.0901.